The summed E-state index contributed by atoms with van der Waals surface area (Å²) in [5, 5.41) is 15.1. The molecule has 2 rings (SSSR count). The van der Waals surface area contributed by atoms with Gasteiger partial charge in [0.2, 0.25) is 11.9 Å². The average Bonchev–Trinajstić information content (AvgIpc) is 2.85. The van der Waals surface area contributed by atoms with Gasteiger partial charge in [-0.15, -0.1) is 5.10 Å². The summed E-state index contributed by atoms with van der Waals surface area (Å²) in [5.74, 6) is -1.13. The summed E-state index contributed by atoms with van der Waals surface area (Å²) in [5.41, 5.74) is 0.740. The number of carboxylic acids is 1. The number of rotatable bonds is 6. The number of aromatic nitrogens is 3. The SMILES string of the molecule is CC(C)(CC(=O)Nc1ncn(CC(=O)O)n1)c1ccccc1. The van der Waals surface area contributed by atoms with E-state index in [0.29, 0.717) is 0 Å². The first kappa shape index (κ1) is 15.7. The van der Waals surface area contributed by atoms with E-state index in [1.54, 1.807) is 0 Å². The Morgan fingerprint density at radius 3 is 2.59 bits per heavy atom. The van der Waals surface area contributed by atoms with Crippen molar-refractivity contribution < 1.29 is 14.7 Å². The highest BCUT2D eigenvalue weighted by molar-refractivity contribution is 5.89. The van der Waals surface area contributed by atoms with Crippen molar-refractivity contribution in [2.24, 2.45) is 0 Å². The fourth-order valence-electron chi connectivity index (χ4n) is 2.13. The van der Waals surface area contributed by atoms with Gasteiger partial charge in [0.15, 0.2) is 0 Å². The van der Waals surface area contributed by atoms with Crippen LogP contribution in [0.5, 0.6) is 0 Å². The number of nitrogens with one attached hydrogen (secondary N) is 1. The Morgan fingerprint density at radius 2 is 1.95 bits per heavy atom. The zero-order chi connectivity index (χ0) is 16.2. The van der Waals surface area contributed by atoms with Gasteiger partial charge in [0.25, 0.3) is 0 Å². The molecule has 0 spiro atoms. The molecule has 0 aliphatic heterocycles. The van der Waals surface area contributed by atoms with Gasteiger partial charge in [-0.3, -0.25) is 14.9 Å². The molecule has 0 aliphatic rings. The Balaban J connectivity index is 1.98. The number of nitrogens with zero attached hydrogens (tertiary/aromatic N) is 3. The van der Waals surface area contributed by atoms with Gasteiger partial charge in [-0.1, -0.05) is 44.2 Å². The summed E-state index contributed by atoms with van der Waals surface area (Å²) in [7, 11) is 0. The first-order chi connectivity index (χ1) is 10.4. The predicted octanol–water partition coefficient (Wildman–Crippen LogP) is 1.67. The minimum Gasteiger partial charge on any atom is -0.480 e. The quantitative estimate of drug-likeness (QED) is 0.846. The van der Waals surface area contributed by atoms with E-state index in [1.165, 1.54) is 6.33 Å². The number of carboxylic acid groups (broad SMARTS) is 1. The second-order valence-electron chi connectivity index (χ2n) is 5.63. The molecule has 0 radical (unpaired) electrons. The molecule has 1 heterocycles. The van der Waals surface area contributed by atoms with E-state index in [1.807, 2.05) is 44.2 Å². The zero-order valence-electron chi connectivity index (χ0n) is 12.5. The van der Waals surface area contributed by atoms with Crippen LogP contribution in [0.4, 0.5) is 5.95 Å². The van der Waals surface area contributed by atoms with Crippen molar-refractivity contribution in [1.29, 1.82) is 0 Å². The normalized spacial score (nSPS) is 11.2. The number of anilines is 1. The van der Waals surface area contributed by atoms with Gasteiger partial charge in [-0.25, -0.2) is 9.67 Å². The number of benzene rings is 1. The molecule has 2 N–H and O–H groups in total. The average molecular weight is 302 g/mol. The van der Waals surface area contributed by atoms with E-state index >= 15 is 0 Å². The van der Waals surface area contributed by atoms with Crippen molar-refractivity contribution in [3.05, 3.63) is 42.2 Å². The largest absolute Gasteiger partial charge is 0.480 e. The summed E-state index contributed by atoms with van der Waals surface area (Å²) in [6, 6.07) is 9.76. The van der Waals surface area contributed by atoms with Crippen molar-refractivity contribution in [3.8, 4) is 0 Å². The molecule has 1 aromatic carbocycles. The van der Waals surface area contributed by atoms with Crippen molar-refractivity contribution in [2.45, 2.75) is 32.2 Å². The molecular weight excluding hydrogens is 284 g/mol. The third-order valence-corrected chi connectivity index (χ3v) is 3.24. The molecule has 0 unspecified atom stereocenters. The maximum atomic E-state index is 12.1. The number of hydrogen-bond acceptors (Lipinski definition) is 4. The van der Waals surface area contributed by atoms with E-state index in [2.05, 4.69) is 15.4 Å². The van der Waals surface area contributed by atoms with Crippen LogP contribution < -0.4 is 5.32 Å². The summed E-state index contributed by atoms with van der Waals surface area (Å²) < 4.78 is 1.15. The first-order valence-electron chi connectivity index (χ1n) is 6.83. The molecule has 0 fully saturated rings. The van der Waals surface area contributed by atoms with Crippen molar-refractivity contribution >= 4 is 17.8 Å². The Labute approximate surface area is 128 Å². The van der Waals surface area contributed by atoms with Crippen LogP contribution in [0.1, 0.15) is 25.8 Å². The highest BCUT2D eigenvalue weighted by Crippen LogP contribution is 2.26. The van der Waals surface area contributed by atoms with E-state index in [0.717, 1.165) is 10.2 Å². The summed E-state index contributed by atoms with van der Waals surface area (Å²) in [6.45, 7) is 3.68. The number of hydrogen-bond donors (Lipinski definition) is 2. The van der Waals surface area contributed by atoms with E-state index < -0.39 is 5.97 Å². The second kappa shape index (κ2) is 6.38. The van der Waals surface area contributed by atoms with Crippen LogP contribution in [-0.4, -0.2) is 31.7 Å². The molecule has 0 atom stereocenters. The fraction of sp³-hybridized carbons (Fsp3) is 0.333. The second-order valence-corrected chi connectivity index (χ2v) is 5.63. The molecule has 1 amide bonds. The smallest absolute Gasteiger partial charge is 0.325 e. The standard InChI is InChI=1S/C15H18N4O3/c1-15(2,11-6-4-3-5-7-11)8-12(20)17-14-16-10-19(18-14)9-13(21)22/h3-7,10H,8-9H2,1-2H3,(H,21,22)(H,17,18,20). The van der Waals surface area contributed by atoms with Gasteiger partial charge < -0.3 is 5.11 Å². The summed E-state index contributed by atoms with van der Waals surface area (Å²) in [6.07, 6.45) is 1.54. The number of aliphatic carboxylic acids is 1. The Morgan fingerprint density at radius 1 is 1.27 bits per heavy atom. The van der Waals surface area contributed by atoms with Gasteiger partial charge in [0, 0.05) is 6.42 Å². The van der Waals surface area contributed by atoms with E-state index in [9.17, 15) is 9.59 Å². The number of carbonyl (C=O) groups is 2. The number of carbonyl (C=O) groups excluding carboxylic acids is 1. The van der Waals surface area contributed by atoms with Gasteiger partial charge in [-0.05, 0) is 11.0 Å². The fourth-order valence-corrected chi connectivity index (χ4v) is 2.13. The first-order valence-corrected chi connectivity index (χ1v) is 6.83. The van der Waals surface area contributed by atoms with Crippen LogP contribution in [0.25, 0.3) is 0 Å². The van der Waals surface area contributed by atoms with Crippen LogP contribution in [0.3, 0.4) is 0 Å². The van der Waals surface area contributed by atoms with Crippen LogP contribution in [0.2, 0.25) is 0 Å². The minimum atomic E-state index is -1.02. The molecule has 116 valence electrons. The minimum absolute atomic E-state index is 0.107. The third kappa shape index (κ3) is 4.15. The lowest BCUT2D eigenvalue weighted by Crippen LogP contribution is -2.26. The van der Waals surface area contributed by atoms with Crippen LogP contribution in [0.15, 0.2) is 36.7 Å². The molecule has 2 aromatic rings. The van der Waals surface area contributed by atoms with Gasteiger partial charge in [-0.2, -0.15) is 0 Å². The van der Waals surface area contributed by atoms with Crippen LogP contribution in [-0.2, 0) is 21.5 Å². The molecule has 22 heavy (non-hydrogen) atoms. The highest BCUT2D eigenvalue weighted by atomic mass is 16.4. The van der Waals surface area contributed by atoms with Crippen LogP contribution >= 0.6 is 0 Å². The maximum absolute atomic E-state index is 12.1. The lowest BCUT2D eigenvalue weighted by atomic mass is 9.81. The lowest BCUT2D eigenvalue weighted by Gasteiger charge is -2.24. The summed E-state index contributed by atoms with van der Waals surface area (Å²) >= 11 is 0. The topological polar surface area (TPSA) is 97.1 Å². The molecule has 7 nitrogen and oxygen atoms in total. The van der Waals surface area contributed by atoms with Crippen molar-refractivity contribution in [1.82, 2.24) is 14.8 Å². The molecule has 0 bridgehead atoms. The lowest BCUT2D eigenvalue weighted by molar-refractivity contribution is -0.137. The molecule has 7 heteroatoms. The molecule has 0 saturated heterocycles. The zero-order valence-corrected chi connectivity index (χ0v) is 12.5. The molecule has 1 aromatic heterocycles. The Bertz CT molecular complexity index is 664. The van der Waals surface area contributed by atoms with Gasteiger partial charge in [0.1, 0.15) is 12.9 Å². The van der Waals surface area contributed by atoms with E-state index in [-0.39, 0.29) is 30.2 Å². The van der Waals surface area contributed by atoms with Gasteiger partial charge >= 0.3 is 5.97 Å². The maximum Gasteiger partial charge on any atom is 0.325 e. The highest BCUT2D eigenvalue weighted by Gasteiger charge is 2.24. The molecule has 0 saturated carbocycles. The molecule has 0 aliphatic carbocycles. The van der Waals surface area contributed by atoms with Crippen molar-refractivity contribution in [2.75, 3.05) is 5.32 Å². The monoisotopic (exact) mass is 302 g/mol. The molecular formula is C15H18N4O3. The third-order valence-electron chi connectivity index (χ3n) is 3.24. The van der Waals surface area contributed by atoms with Crippen LogP contribution in [0, 0.1) is 0 Å². The van der Waals surface area contributed by atoms with Gasteiger partial charge in [0.05, 0.1) is 0 Å². The Kier molecular flexibility index (Phi) is 4.55. The van der Waals surface area contributed by atoms with Crippen molar-refractivity contribution in [3.63, 3.8) is 0 Å². The van der Waals surface area contributed by atoms with E-state index in [4.69, 9.17) is 5.11 Å². The predicted molar refractivity (Wildman–Crippen MR) is 80.4 cm³/mol. The summed E-state index contributed by atoms with van der Waals surface area (Å²) in [4.78, 5) is 26.6. The Hall–Kier alpha value is -2.70. The number of amides is 1.